The number of aryl methyl sites for hydroxylation is 1. The van der Waals surface area contributed by atoms with Gasteiger partial charge in [-0.25, -0.2) is 18.7 Å². The Morgan fingerprint density at radius 3 is 2.70 bits per heavy atom. The molecule has 2 rings (SSSR count). The molecule has 3 N–H and O–H groups in total. The highest BCUT2D eigenvalue weighted by atomic mass is 19.1. The van der Waals surface area contributed by atoms with Crippen LogP contribution in [0.4, 0.5) is 20.8 Å². The molecule has 1 aromatic carbocycles. The third kappa shape index (κ3) is 2.71. The maximum Gasteiger partial charge on any atom is 0.337 e. The van der Waals surface area contributed by atoms with Gasteiger partial charge in [0.15, 0.2) is 0 Å². The summed E-state index contributed by atoms with van der Waals surface area (Å²) in [5.74, 6) is -2.06. The fraction of sp³-hybridized carbons (Fsp3) is 0.0909. The summed E-state index contributed by atoms with van der Waals surface area (Å²) >= 11 is 0. The Bertz CT molecular complexity index is 670. The van der Waals surface area contributed by atoms with Gasteiger partial charge in [0, 0.05) is 7.05 Å². The second-order valence-electron chi connectivity index (χ2n) is 3.75. The minimum Gasteiger partial charge on any atom is -0.478 e. The zero-order chi connectivity index (χ0) is 14.7. The molecule has 1 aromatic heterocycles. The van der Waals surface area contributed by atoms with Gasteiger partial charge in [-0.1, -0.05) is 6.07 Å². The molecule has 0 aliphatic carbocycles. The lowest BCUT2D eigenvalue weighted by molar-refractivity contribution is 0.0697. The van der Waals surface area contributed by atoms with E-state index in [2.05, 4.69) is 20.7 Å². The number of amides is 2. The van der Waals surface area contributed by atoms with Crippen molar-refractivity contribution < 1.29 is 19.1 Å². The largest absolute Gasteiger partial charge is 0.478 e. The number of hydrogen-bond acceptors (Lipinski definition) is 4. The molecule has 0 aliphatic heterocycles. The topological polar surface area (TPSA) is 109 Å². The number of para-hydroxylation sites is 1. The summed E-state index contributed by atoms with van der Waals surface area (Å²) in [5.41, 5.74) is -0.766. The Kier molecular flexibility index (Phi) is 3.60. The van der Waals surface area contributed by atoms with E-state index in [4.69, 9.17) is 5.11 Å². The van der Waals surface area contributed by atoms with Crippen LogP contribution in [0.5, 0.6) is 0 Å². The molecule has 0 spiro atoms. The van der Waals surface area contributed by atoms with E-state index in [-0.39, 0.29) is 11.5 Å². The number of aromatic carboxylic acids is 1. The summed E-state index contributed by atoms with van der Waals surface area (Å²) in [4.78, 5) is 26.4. The predicted octanol–water partition coefficient (Wildman–Crippen LogP) is 1.30. The van der Waals surface area contributed by atoms with Crippen molar-refractivity contribution in [3.63, 3.8) is 0 Å². The number of aromatic nitrogens is 3. The molecule has 2 amide bonds. The van der Waals surface area contributed by atoms with Crippen molar-refractivity contribution in [3.8, 4) is 0 Å². The molecular formula is C11H10FN5O3. The van der Waals surface area contributed by atoms with Crippen LogP contribution >= 0.6 is 0 Å². The predicted molar refractivity (Wildman–Crippen MR) is 67.0 cm³/mol. The number of carboxylic acids is 1. The van der Waals surface area contributed by atoms with Crippen molar-refractivity contribution in [1.29, 1.82) is 0 Å². The number of carboxylic acid groups (broad SMARTS) is 1. The average molecular weight is 279 g/mol. The van der Waals surface area contributed by atoms with Crippen molar-refractivity contribution in [2.45, 2.75) is 0 Å². The number of hydrogen-bond donors (Lipinski definition) is 3. The minimum absolute atomic E-state index is 0.135. The highest BCUT2D eigenvalue weighted by Gasteiger charge is 2.17. The van der Waals surface area contributed by atoms with Crippen LogP contribution in [-0.4, -0.2) is 31.9 Å². The monoisotopic (exact) mass is 279 g/mol. The molecule has 0 unspecified atom stereocenters. The second kappa shape index (κ2) is 5.34. The highest BCUT2D eigenvalue weighted by molar-refractivity contribution is 6.04. The molecule has 8 nitrogen and oxygen atoms in total. The van der Waals surface area contributed by atoms with Crippen LogP contribution in [0.15, 0.2) is 24.5 Å². The maximum absolute atomic E-state index is 13.6. The molecule has 0 saturated heterocycles. The molecule has 0 saturated carbocycles. The Balaban J connectivity index is 2.20. The van der Waals surface area contributed by atoms with E-state index >= 15 is 0 Å². The summed E-state index contributed by atoms with van der Waals surface area (Å²) in [6.07, 6.45) is 1.22. The minimum atomic E-state index is -1.35. The van der Waals surface area contributed by atoms with Gasteiger partial charge in [0.05, 0.1) is 11.3 Å². The second-order valence-corrected chi connectivity index (χ2v) is 3.75. The average Bonchev–Trinajstić information content (AvgIpc) is 2.77. The number of anilines is 2. The zero-order valence-corrected chi connectivity index (χ0v) is 10.3. The number of rotatable bonds is 3. The summed E-state index contributed by atoms with van der Waals surface area (Å²) in [7, 11) is 1.55. The highest BCUT2D eigenvalue weighted by Crippen LogP contribution is 2.20. The first-order chi connectivity index (χ1) is 9.49. The standard InChI is InChI=1S/C11H10FN5O3/c1-17-10(13-5-14-17)16-11(20)15-8-6(9(18)19)3-2-4-7(8)12/h2-5H,1H3,(H,18,19)(H2,13,14,15,16,20). The molecule has 0 fully saturated rings. The van der Waals surface area contributed by atoms with Crippen LogP contribution in [0, 0.1) is 5.82 Å². The van der Waals surface area contributed by atoms with Crippen molar-refractivity contribution in [3.05, 3.63) is 35.9 Å². The summed E-state index contributed by atoms with van der Waals surface area (Å²) in [6.45, 7) is 0. The summed E-state index contributed by atoms with van der Waals surface area (Å²) in [5, 5.41) is 17.1. The van der Waals surface area contributed by atoms with Gasteiger partial charge in [-0.3, -0.25) is 5.32 Å². The van der Waals surface area contributed by atoms with Gasteiger partial charge < -0.3 is 10.4 Å². The van der Waals surface area contributed by atoms with Gasteiger partial charge in [0.2, 0.25) is 5.95 Å². The van der Waals surface area contributed by atoms with Crippen LogP contribution in [0.2, 0.25) is 0 Å². The first-order valence-corrected chi connectivity index (χ1v) is 5.43. The number of nitrogens with one attached hydrogen (secondary N) is 2. The molecule has 2 aromatic rings. The molecule has 0 radical (unpaired) electrons. The lowest BCUT2D eigenvalue weighted by atomic mass is 10.1. The van der Waals surface area contributed by atoms with Crippen LogP contribution < -0.4 is 10.6 Å². The molecule has 104 valence electrons. The molecular weight excluding hydrogens is 269 g/mol. The summed E-state index contributed by atoms with van der Waals surface area (Å²) < 4.78 is 14.9. The van der Waals surface area contributed by atoms with E-state index in [1.807, 2.05) is 0 Å². The van der Waals surface area contributed by atoms with E-state index in [1.165, 1.54) is 23.1 Å². The lowest BCUT2D eigenvalue weighted by Crippen LogP contribution is -2.23. The maximum atomic E-state index is 13.6. The Labute approximate surface area is 112 Å². The van der Waals surface area contributed by atoms with Crippen molar-refractivity contribution in [1.82, 2.24) is 14.8 Å². The van der Waals surface area contributed by atoms with E-state index in [1.54, 1.807) is 7.05 Å². The molecule has 0 bridgehead atoms. The van der Waals surface area contributed by atoms with Crippen molar-refractivity contribution in [2.24, 2.45) is 7.05 Å². The smallest absolute Gasteiger partial charge is 0.337 e. The molecule has 20 heavy (non-hydrogen) atoms. The molecule has 1 heterocycles. The van der Waals surface area contributed by atoms with Crippen LogP contribution in [0.3, 0.4) is 0 Å². The lowest BCUT2D eigenvalue weighted by Gasteiger charge is -2.10. The van der Waals surface area contributed by atoms with Crippen LogP contribution in [0.25, 0.3) is 0 Å². The van der Waals surface area contributed by atoms with Gasteiger partial charge in [0.25, 0.3) is 0 Å². The normalized spacial score (nSPS) is 10.1. The molecule has 0 atom stereocenters. The first kappa shape index (κ1) is 13.5. The van der Waals surface area contributed by atoms with Crippen LogP contribution in [0.1, 0.15) is 10.4 Å². The number of nitrogens with zero attached hydrogens (tertiary/aromatic N) is 3. The number of halogens is 1. The Morgan fingerprint density at radius 2 is 2.10 bits per heavy atom. The zero-order valence-electron chi connectivity index (χ0n) is 10.3. The number of carbonyl (C=O) groups excluding carboxylic acids is 1. The Hall–Kier alpha value is -2.97. The third-order valence-electron chi connectivity index (χ3n) is 2.42. The fourth-order valence-corrected chi connectivity index (χ4v) is 1.49. The van der Waals surface area contributed by atoms with Gasteiger partial charge >= 0.3 is 12.0 Å². The van der Waals surface area contributed by atoms with E-state index < -0.39 is 23.5 Å². The Morgan fingerprint density at radius 1 is 1.35 bits per heavy atom. The fourth-order valence-electron chi connectivity index (χ4n) is 1.49. The van der Waals surface area contributed by atoms with Gasteiger partial charge in [-0.05, 0) is 12.1 Å². The number of carbonyl (C=O) groups is 2. The SMILES string of the molecule is Cn1ncnc1NC(=O)Nc1c(F)cccc1C(=O)O. The third-order valence-corrected chi connectivity index (χ3v) is 2.42. The first-order valence-electron chi connectivity index (χ1n) is 5.43. The van der Waals surface area contributed by atoms with Gasteiger partial charge in [-0.2, -0.15) is 10.1 Å². The molecule has 0 aliphatic rings. The van der Waals surface area contributed by atoms with Crippen molar-refractivity contribution >= 4 is 23.6 Å². The van der Waals surface area contributed by atoms with E-state index in [0.29, 0.717) is 0 Å². The number of benzene rings is 1. The van der Waals surface area contributed by atoms with Gasteiger partial charge in [-0.15, -0.1) is 0 Å². The van der Waals surface area contributed by atoms with Gasteiger partial charge in [0.1, 0.15) is 12.1 Å². The number of urea groups is 1. The van der Waals surface area contributed by atoms with E-state index in [9.17, 15) is 14.0 Å². The quantitative estimate of drug-likeness (QED) is 0.784. The van der Waals surface area contributed by atoms with Crippen molar-refractivity contribution in [2.75, 3.05) is 10.6 Å². The molecule has 9 heteroatoms. The summed E-state index contributed by atoms with van der Waals surface area (Å²) in [6, 6.07) is 2.65. The van der Waals surface area contributed by atoms with Crippen LogP contribution in [-0.2, 0) is 7.05 Å². The van der Waals surface area contributed by atoms with E-state index in [0.717, 1.165) is 6.07 Å².